The third-order valence-corrected chi connectivity index (χ3v) is 5.85. The minimum Gasteiger partial charge on any atom is -0.301 e. The summed E-state index contributed by atoms with van der Waals surface area (Å²) in [6.45, 7) is 5.50. The summed E-state index contributed by atoms with van der Waals surface area (Å²) in [6, 6.07) is 3.80. The number of nitrogens with zero attached hydrogens (tertiary/aromatic N) is 2. The van der Waals surface area contributed by atoms with Crippen LogP contribution >= 0.6 is 11.6 Å². The van der Waals surface area contributed by atoms with Gasteiger partial charge in [-0.3, -0.25) is 0 Å². The highest BCUT2D eigenvalue weighted by molar-refractivity contribution is 7.89. The van der Waals surface area contributed by atoms with Crippen LogP contribution in [-0.2, 0) is 15.9 Å². The van der Waals surface area contributed by atoms with Crippen molar-refractivity contribution in [3.63, 3.8) is 0 Å². The van der Waals surface area contributed by atoms with E-state index in [1.807, 2.05) is 0 Å². The fourth-order valence-electron chi connectivity index (χ4n) is 2.47. The second-order valence-corrected chi connectivity index (χ2v) is 7.34. The number of piperazine rings is 1. The number of rotatable bonds is 5. The topological polar surface area (TPSA) is 40.6 Å². The van der Waals surface area contributed by atoms with Crippen LogP contribution in [-0.4, -0.2) is 50.3 Å². The van der Waals surface area contributed by atoms with Crippen molar-refractivity contribution < 1.29 is 12.8 Å². The SMILES string of the molecule is CCCN1CCN(S(=O)(=O)c2ccc(F)c(CCl)c2)CC1. The zero-order valence-corrected chi connectivity index (χ0v) is 13.6. The van der Waals surface area contributed by atoms with Crippen LogP contribution in [0.5, 0.6) is 0 Å². The number of hydrogen-bond donors (Lipinski definition) is 0. The van der Waals surface area contributed by atoms with Crippen LogP contribution in [0.25, 0.3) is 0 Å². The Hall–Kier alpha value is -0.690. The summed E-state index contributed by atoms with van der Waals surface area (Å²) in [6.07, 6.45) is 1.06. The van der Waals surface area contributed by atoms with Crippen LogP contribution in [0.2, 0.25) is 0 Å². The lowest BCUT2D eigenvalue weighted by Gasteiger charge is -2.33. The van der Waals surface area contributed by atoms with Gasteiger partial charge in [0.25, 0.3) is 0 Å². The molecule has 0 atom stereocenters. The van der Waals surface area contributed by atoms with E-state index in [1.165, 1.54) is 16.4 Å². The van der Waals surface area contributed by atoms with E-state index >= 15 is 0 Å². The van der Waals surface area contributed by atoms with E-state index < -0.39 is 15.8 Å². The second-order valence-electron chi connectivity index (χ2n) is 5.13. The van der Waals surface area contributed by atoms with Crippen LogP contribution in [0.1, 0.15) is 18.9 Å². The molecule has 7 heteroatoms. The molecule has 4 nitrogen and oxygen atoms in total. The third kappa shape index (κ3) is 3.74. The Kier molecular flexibility index (Phi) is 5.60. The van der Waals surface area contributed by atoms with E-state index in [0.29, 0.717) is 13.1 Å². The standard InChI is InChI=1S/C14H20ClFN2O2S/c1-2-5-17-6-8-18(9-7-17)21(19,20)13-3-4-14(16)12(10-13)11-15/h3-4,10H,2,5-9,11H2,1H3. The van der Waals surface area contributed by atoms with Gasteiger partial charge in [0.05, 0.1) is 10.8 Å². The van der Waals surface area contributed by atoms with Crippen molar-refractivity contribution in [1.29, 1.82) is 0 Å². The predicted octanol–water partition coefficient (Wildman–Crippen LogP) is 2.28. The van der Waals surface area contributed by atoms with Gasteiger partial charge < -0.3 is 4.90 Å². The van der Waals surface area contributed by atoms with Gasteiger partial charge in [-0.15, -0.1) is 11.6 Å². The Morgan fingerprint density at radius 1 is 1.24 bits per heavy atom. The van der Waals surface area contributed by atoms with E-state index in [1.54, 1.807) is 0 Å². The summed E-state index contributed by atoms with van der Waals surface area (Å²) >= 11 is 5.64. The Morgan fingerprint density at radius 2 is 1.90 bits per heavy atom. The first-order chi connectivity index (χ1) is 9.98. The number of sulfonamides is 1. The summed E-state index contributed by atoms with van der Waals surface area (Å²) in [5.41, 5.74) is 0.211. The molecule has 0 saturated carbocycles. The van der Waals surface area contributed by atoms with Crippen molar-refractivity contribution >= 4 is 21.6 Å². The Balaban J connectivity index is 2.15. The van der Waals surface area contributed by atoms with Crippen LogP contribution < -0.4 is 0 Å². The maximum absolute atomic E-state index is 13.4. The minimum absolute atomic E-state index is 0.0422. The Morgan fingerprint density at radius 3 is 2.48 bits per heavy atom. The highest BCUT2D eigenvalue weighted by Crippen LogP contribution is 2.21. The fourth-order valence-corrected chi connectivity index (χ4v) is 4.15. The number of halogens is 2. The quantitative estimate of drug-likeness (QED) is 0.776. The highest BCUT2D eigenvalue weighted by atomic mass is 35.5. The lowest BCUT2D eigenvalue weighted by Crippen LogP contribution is -2.48. The smallest absolute Gasteiger partial charge is 0.243 e. The van der Waals surface area contributed by atoms with Crippen molar-refractivity contribution in [2.24, 2.45) is 0 Å². The highest BCUT2D eigenvalue weighted by Gasteiger charge is 2.28. The fraction of sp³-hybridized carbons (Fsp3) is 0.571. The maximum atomic E-state index is 13.4. The van der Waals surface area contributed by atoms with Gasteiger partial charge in [-0.2, -0.15) is 4.31 Å². The van der Waals surface area contributed by atoms with Crippen LogP contribution in [0.15, 0.2) is 23.1 Å². The first-order valence-electron chi connectivity index (χ1n) is 7.06. The van der Waals surface area contributed by atoms with Gasteiger partial charge in [0.1, 0.15) is 5.82 Å². The molecule has 1 aliphatic heterocycles. The van der Waals surface area contributed by atoms with E-state index in [-0.39, 0.29) is 16.3 Å². The minimum atomic E-state index is -3.57. The monoisotopic (exact) mass is 334 g/mol. The van der Waals surface area contributed by atoms with Crippen LogP contribution in [0.3, 0.4) is 0 Å². The van der Waals surface area contributed by atoms with E-state index in [9.17, 15) is 12.8 Å². The van der Waals surface area contributed by atoms with Crippen molar-refractivity contribution in [1.82, 2.24) is 9.21 Å². The zero-order chi connectivity index (χ0) is 15.5. The summed E-state index contributed by atoms with van der Waals surface area (Å²) in [7, 11) is -3.57. The first kappa shape index (κ1) is 16.7. The molecule has 0 aromatic heterocycles. The van der Waals surface area contributed by atoms with E-state index in [0.717, 1.165) is 32.1 Å². The summed E-state index contributed by atoms with van der Waals surface area (Å²) in [4.78, 5) is 2.37. The molecule has 2 rings (SSSR count). The molecule has 1 aromatic carbocycles. The van der Waals surface area contributed by atoms with Gasteiger partial charge in [0, 0.05) is 31.7 Å². The maximum Gasteiger partial charge on any atom is 0.243 e. The molecule has 1 saturated heterocycles. The summed E-state index contributed by atoms with van der Waals surface area (Å²) in [5.74, 6) is -0.517. The average molecular weight is 335 g/mol. The van der Waals surface area contributed by atoms with Gasteiger partial charge in [0.15, 0.2) is 0 Å². The molecule has 0 unspecified atom stereocenters. The van der Waals surface area contributed by atoms with Crippen LogP contribution in [0, 0.1) is 5.82 Å². The van der Waals surface area contributed by atoms with Crippen molar-refractivity contribution in [2.45, 2.75) is 24.1 Å². The summed E-state index contributed by atoms with van der Waals surface area (Å²) in [5, 5.41) is 0. The molecule has 1 fully saturated rings. The largest absolute Gasteiger partial charge is 0.301 e. The first-order valence-corrected chi connectivity index (χ1v) is 9.03. The molecule has 0 aliphatic carbocycles. The van der Waals surface area contributed by atoms with Gasteiger partial charge in [-0.1, -0.05) is 6.92 Å². The number of alkyl halides is 1. The molecule has 21 heavy (non-hydrogen) atoms. The Labute approximate surface area is 130 Å². The third-order valence-electron chi connectivity index (χ3n) is 3.67. The van der Waals surface area contributed by atoms with Gasteiger partial charge in [-0.25, -0.2) is 12.8 Å². The molecule has 1 aliphatic rings. The molecule has 118 valence electrons. The molecule has 0 bridgehead atoms. The van der Waals surface area contributed by atoms with E-state index in [2.05, 4.69) is 11.8 Å². The lowest BCUT2D eigenvalue weighted by atomic mass is 10.2. The predicted molar refractivity (Wildman–Crippen MR) is 81.4 cm³/mol. The van der Waals surface area contributed by atoms with Gasteiger partial charge in [-0.05, 0) is 31.2 Å². The zero-order valence-electron chi connectivity index (χ0n) is 12.1. The molecule has 1 aromatic rings. The molecule has 0 radical (unpaired) electrons. The van der Waals surface area contributed by atoms with Gasteiger partial charge >= 0.3 is 0 Å². The molecular formula is C14H20ClFN2O2S. The molecule has 0 spiro atoms. The van der Waals surface area contributed by atoms with Crippen molar-refractivity contribution in [2.75, 3.05) is 32.7 Å². The Bertz CT molecular complexity index is 587. The molecule has 0 N–H and O–H groups in total. The van der Waals surface area contributed by atoms with Crippen LogP contribution in [0.4, 0.5) is 4.39 Å². The van der Waals surface area contributed by atoms with Gasteiger partial charge in [0.2, 0.25) is 10.0 Å². The lowest BCUT2D eigenvalue weighted by molar-refractivity contribution is 0.188. The second kappa shape index (κ2) is 7.05. The van der Waals surface area contributed by atoms with Crippen molar-refractivity contribution in [3.05, 3.63) is 29.6 Å². The van der Waals surface area contributed by atoms with Crippen molar-refractivity contribution in [3.8, 4) is 0 Å². The number of hydrogen-bond acceptors (Lipinski definition) is 3. The molecule has 0 amide bonds. The normalized spacial score (nSPS) is 18.0. The summed E-state index contributed by atoms with van der Waals surface area (Å²) < 4.78 is 40.0. The van der Waals surface area contributed by atoms with E-state index in [4.69, 9.17) is 11.6 Å². The molecular weight excluding hydrogens is 315 g/mol. The molecule has 1 heterocycles. The number of benzene rings is 1. The average Bonchev–Trinajstić information content (AvgIpc) is 2.48.